The van der Waals surface area contributed by atoms with E-state index in [0.717, 1.165) is 12.0 Å². The Kier molecular flexibility index (Phi) is 4.79. The first kappa shape index (κ1) is 12.5. The monoisotopic (exact) mass is 222 g/mol. The van der Waals surface area contributed by atoms with Crippen molar-refractivity contribution in [3.63, 3.8) is 0 Å². The third kappa shape index (κ3) is 3.90. The lowest BCUT2D eigenvalue weighted by Crippen LogP contribution is -2.37. The lowest BCUT2D eigenvalue weighted by atomic mass is 10.1. The second kappa shape index (κ2) is 6.12. The summed E-state index contributed by atoms with van der Waals surface area (Å²) in [4.78, 5) is 11.6. The normalized spacial score (nSPS) is 12.1. The number of anilines is 1. The lowest BCUT2D eigenvalue weighted by molar-refractivity contribution is -0.121. The molecule has 1 aromatic rings. The summed E-state index contributed by atoms with van der Waals surface area (Å²) in [5, 5.41) is 11.7. The number of aliphatic hydroxyl groups excluding tert-OH is 1. The fourth-order valence-electron chi connectivity index (χ4n) is 1.44. The molecule has 0 heterocycles. The highest BCUT2D eigenvalue weighted by Gasteiger charge is 2.09. The van der Waals surface area contributed by atoms with Crippen LogP contribution < -0.4 is 11.1 Å². The first-order valence-corrected chi connectivity index (χ1v) is 5.40. The summed E-state index contributed by atoms with van der Waals surface area (Å²) >= 11 is 0. The Bertz CT molecular complexity index is 349. The lowest BCUT2D eigenvalue weighted by Gasteiger charge is -2.13. The van der Waals surface area contributed by atoms with Gasteiger partial charge >= 0.3 is 0 Å². The Morgan fingerprint density at radius 2 is 2.31 bits per heavy atom. The van der Waals surface area contributed by atoms with E-state index < -0.39 is 0 Å². The van der Waals surface area contributed by atoms with Crippen molar-refractivity contribution in [3.05, 3.63) is 29.8 Å². The molecule has 0 unspecified atom stereocenters. The number of nitrogens with two attached hydrogens (primary N) is 1. The molecule has 0 fully saturated rings. The van der Waals surface area contributed by atoms with Gasteiger partial charge in [-0.3, -0.25) is 4.79 Å². The average Bonchev–Trinajstić information content (AvgIpc) is 2.26. The van der Waals surface area contributed by atoms with Crippen LogP contribution in [0.4, 0.5) is 5.69 Å². The number of carbonyl (C=O) groups is 1. The smallest absolute Gasteiger partial charge is 0.224 e. The molecule has 0 aromatic heterocycles. The molecule has 16 heavy (non-hydrogen) atoms. The van der Waals surface area contributed by atoms with Crippen LogP contribution in [0.2, 0.25) is 0 Å². The van der Waals surface area contributed by atoms with E-state index in [9.17, 15) is 4.79 Å². The van der Waals surface area contributed by atoms with Crippen molar-refractivity contribution in [1.29, 1.82) is 0 Å². The molecule has 1 amide bonds. The molecule has 88 valence electrons. The second-order valence-electron chi connectivity index (χ2n) is 3.78. The van der Waals surface area contributed by atoms with Gasteiger partial charge in [-0.1, -0.05) is 19.1 Å². The second-order valence-corrected chi connectivity index (χ2v) is 3.78. The van der Waals surface area contributed by atoms with E-state index in [-0.39, 0.29) is 18.6 Å². The molecule has 0 aliphatic carbocycles. The highest BCUT2D eigenvalue weighted by Crippen LogP contribution is 2.07. The molecule has 0 spiro atoms. The van der Waals surface area contributed by atoms with Gasteiger partial charge in [0.05, 0.1) is 19.1 Å². The minimum Gasteiger partial charge on any atom is -0.399 e. The Labute approximate surface area is 95.5 Å². The summed E-state index contributed by atoms with van der Waals surface area (Å²) in [7, 11) is 0. The molecule has 0 radical (unpaired) electrons. The largest absolute Gasteiger partial charge is 0.399 e. The van der Waals surface area contributed by atoms with Crippen LogP contribution in [0.25, 0.3) is 0 Å². The van der Waals surface area contributed by atoms with Crippen molar-refractivity contribution in [2.45, 2.75) is 25.8 Å². The van der Waals surface area contributed by atoms with Crippen molar-refractivity contribution in [2.75, 3.05) is 12.3 Å². The van der Waals surface area contributed by atoms with E-state index in [4.69, 9.17) is 10.8 Å². The van der Waals surface area contributed by atoms with Gasteiger partial charge in [-0.15, -0.1) is 0 Å². The number of hydrogen-bond acceptors (Lipinski definition) is 3. The number of carbonyl (C=O) groups excluding carboxylic acids is 1. The van der Waals surface area contributed by atoms with Gasteiger partial charge in [-0.25, -0.2) is 0 Å². The van der Waals surface area contributed by atoms with Crippen molar-refractivity contribution in [1.82, 2.24) is 5.32 Å². The van der Waals surface area contributed by atoms with Gasteiger partial charge in [0.2, 0.25) is 5.91 Å². The Hall–Kier alpha value is -1.55. The highest BCUT2D eigenvalue weighted by molar-refractivity contribution is 5.79. The van der Waals surface area contributed by atoms with Gasteiger partial charge in [0, 0.05) is 5.69 Å². The third-order valence-electron chi connectivity index (χ3n) is 2.39. The van der Waals surface area contributed by atoms with E-state index in [0.29, 0.717) is 12.1 Å². The van der Waals surface area contributed by atoms with Crippen LogP contribution >= 0.6 is 0 Å². The maximum Gasteiger partial charge on any atom is 0.224 e. The summed E-state index contributed by atoms with van der Waals surface area (Å²) in [5.74, 6) is -0.0912. The minimum absolute atomic E-state index is 0.0286. The topological polar surface area (TPSA) is 75.3 Å². The highest BCUT2D eigenvalue weighted by atomic mass is 16.3. The Morgan fingerprint density at radius 1 is 1.56 bits per heavy atom. The fraction of sp³-hybridized carbons (Fsp3) is 0.417. The molecular formula is C12H18N2O2. The zero-order chi connectivity index (χ0) is 12.0. The van der Waals surface area contributed by atoms with Gasteiger partial charge in [0.1, 0.15) is 0 Å². The maximum absolute atomic E-state index is 11.6. The quantitative estimate of drug-likeness (QED) is 0.642. The first-order chi connectivity index (χ1) is 7.65. The van der Waals surface area contributed by atoms with Crippen LogP contribution in [0, 0.1) is 0 Å². The van der Waals surface area contributed by atoms with Crippen molar-refractivity contribution >= 4 is 11.6 Å². The molecule has 0 aliphatic rings. The molecule has 0 aliphatic heterocycles. The number of hydrogen-bond donors (Lipinski definition) is 3. The van der Waals surface area contributed by atoms with E-state index >= 15 is 0 Å². The molecule has 1 atom stereocenters. The molecule has 1 rings (SSSR count). The van der Waals surface area contributed by atoms with Crippen LogP contribution in [0.3, 0.4) is 0 Å². The number of benzene rings is 1. The Morgan fingerprint density at radius 3 is 2.88 bits per heavy atom. The van der Waals surface area contributed by atoms with Crippen molar-refractivity contribution < 1.29 is 9.90 Å². The minimum atomic E-state index is -0.159. The molecule has 0 saturated heterocycles. The third-order valence-corrected chi connectivity index (χ3v) is 2.39. The zero-order valence-corrected chi connectivity index (χ0v) is 9.44. The van der Waals surface area contributed by atoms with Gasteiger partial charge in [0.15, 0.2) is 0 Å². The number of nitrogen functional groups attached to an aromatic ring is 1. The summed E-state index contributed by atoms with van der Waals surface area (Å²) in [6, 6.07) is 7.08. The molecule has 1 aromatic carbocycles. The van der Waals surface area contributed by atoms with Gasteiger partial charge in [-0.2, -0.15) is 0 Å². The van der Waals surface area contributed by atoms with Crippen LogP contribution in [-0.4, -0.2) is 23.7 Å². The Balaban J connectivity index is 2.51. The fourth-order valence-corrected chi connectivity index (χ4v) is 1.44. The molecule has 4 heteroatoms. The number of aliphatic hydroxyl groups is 1. The van der Waals surface area contributed by atoms with E-state index in [1.807, 2.05) is 19.1 Å². The summed E-state index contributed by atoms with van der Waals surface area (Å²) in [6.07, 6.45) is 1.01. The molecule has 4 nitrogen and oxygen atoms in total. The summed E-state index contributed by atoms with van der Waals surface area (Å²) in [6.45, 7) is 1.89. The summed E-state index contributed by atoms with van der Waals surface area (Å²) in [5.41, 5.74) is 7.15. The van der Waals surface area contributed by atoms with E-state index in [1.165, 1.54) is 0 Å². The molecule has 0 bridgehead atoms. The number of rotatable bonds is 5. The predicted molar refractivity (Wildman–Crippen MR) is 63.9 cm³/mol. The molecular weight excluding hydrogens is 204 g/mol. The number of nitrogens with one attached hydrogen (secondary N) is 1. The van der Waals surface area contributed by atoms with E-state index in [2.05, 4.69) is 5.32 Å². The van der Waals surface area contributed by atoms with Crippen LogP contribution in [-0.2, 0) is 11.2 Å². The zero-order valence-electron chi connectivity index (χ0n) is 9.44. The van der Waals surface area contributed by atoms with Crippen molar-refractivity contribution in [3.8, 4) is 0 Å². The first-order valence-electron chi connectivity index (χ1n) is 5.40. The predicted octanol–water partition coefficient (Wildman–Crippen LogP) is 0.698. The van der Waals surface area contributed by atoms with Gasteiger partial charge in [0.25, 0.3) is 0 Å². The summed E-state index contributed by atoms with van der Waals surface area (Å²) < 4.78 is 0. The molecule has 4 N–H and O–H groups in total. The van der Waals surface area contributed by atoms with Crippen LogP contribution in [0.5, 0.6) is 0 Å². The molecule has 0 saturated carbocycles. The van der Waals surface area contributed by atoms with Crippen LogP contribution in [0.1, 0.15) is 18.9 Å². The van der Waals surface area contributed by atoms with Crippen molar-refractivity contribution in [2.24, 2.45) is 0 Å². The SMILES string of the molecule is CC[C@H](CO)NC(=O)Cc1cccc(N)c1. The van der Waals surface area contributed by atoms with Crippen LogP contribution in [0.15, 0.2) is 24.3 Å². The number of amides is 1. The van der Waals surface area contributed by atoms with Gasteiger partial charge in [-0.05, 0) is 24.1 Å². The maximum atomic E-state index is 11.6. The standard InChI is InChI=1S/C12H18N2O2/c1-2-11(8-15)14-12(16)7-9-4-3-5-10(13)6-9/h3-6,11,15H,2,7-8,13H2,1H3,(H,14,16)/t11-/m1/s1. The van der Waals surface area contributed by atoms with Gasteiger partial charge < -0.3 is 16.2 Å². The van der Waals surface area contributed by atoms with E-state index in [1.54, 1.807) is 12.1 Å². The average molecular weight is 222 g/mol.